The van der Waals surface area contributed by atoms with E-state index in [0.717, 1.165) is 5.69 Å². The predicted molar refractivity (Wildman–Crippen MR) is 68.0 cm³/mol. The first-order valence-corrected chi connectivity index (χ1v) is 6.75. The molecule has 1 fully saturated rings. The molecule has 0 atom stereocenters. The highest BCUT2D eigenvalue weighted by Crippen LogP contribution is 2.37. The molecule has 2 rings (SSSR count). The Labute approximate surface area is 108 Å². The van der Waals surface area contributed by atoms with Gasteiger partial charge in [0.05, 0.1) is 12.1 Å². The van der Waals surface area contributed by atoms with Gasteiger partial charge in [0.2, 0.25) is 0 Å². The maximum atomic E-state index is 11.4. The van der Waals surface area contributed by atoms with Crippen molar-refractivity contribution in [3.05, 3.63) is 11.1 Å². The van der Waals surface area contributed by atoms with E-state index in [1.165, 1.54) is 30.6 Å². The number of thiazole rings is 1. The van der Waals surface area contributed by atoms with Crippen LogP contribution in [0.3, 0.4) is 0 Å². The van der Waals surface area contributed by atoms with E-state index in [1.54, 1.807) is 0 Å². The van der Waals surface area contributed by atoms with Crippen LogP contribution in [-0.2, 0) is 4.79 Å². The smallest absolute Gasteiger partial charge is 0.321 e. The third-order valence-electron chi connectivity index (χ3n) is 2.89. The Morgan fingerprint density at radius 2 is 2.28 bits per heavy atom. The number of urea groups is 1. The molecular weight excluding hydrogens is 254 g/mol. The zero-order valence-corrected chi connectivity index (χ0v) is 10.6. The van der Waals surface area contributed by atoms with Crippen LogP contribution in [-0.4, -0.2) is 28.6 Å². The summed E-state index contributed by atoms with van der Waals surface area (Å²) in [7, 11) is 0. The molecule has 98 valence electrons. The van der Waals surface area contributed by atoms with E-state index in [0.29, 0.717) is 11.0 Å². The molecule has 0 saturated heterocycles. The lowest BCUT2D eigenvalue weighted by atomic mass is 9.83. The average Bonchev–Trinajstić information content (AvgIpc) is 2.62. The predicted octanol–water partition coefficient (Wildman–Crippen LogP) is 2.01. The van der Waals surface area contributed by atoms with Gasteiger partial charge in [-0.05, 0) is 12.8 Å². The Morgan fingerprint density at radius 1 is 1.50 bits per heavy atom. The first kappa shape index (κ1) is 12.8. The van der Waals surface area contributed by atoms with Gasteiger partial charge in [-0.15, -0.1) is 11.3 Å². The Morgan fingerprint density at radius 3 is 2.89 bits per heavy atom. The molecule has 0 spiro atoms. The number of nitrogens with zero attached hydrogens (tertiary/aromatic N) is 1. The molecule has 18 heavy (non-hydrogen) atoms. The summed E-state index contributed by atoms with van der Waals surface area (Å²) in [5.41, 5.74) is 1.05. The Kier molecular flexibility index (Phi) is 4.14. The third kappa shape index (κ3) is 3.43. The van der Waals surface area contributed by atoms with E-state index >= 15 is 0 Å². The lowest BCUT2D eigenvalue weighted by Gasteiger charge is -2.22. The number of carboxylic acid groups (broad SMARTS) is 1. The summed E-state index contributed by atoms with van der Waals surface area (Å²) < 4.78 is 0. The van der Waals surface area contributed by atoms with E-state index in [4.69, 9.17) is 5.11 Å². The molecule has 2 amide bonds. The van der Waals surface area contributed by atoms with E-state index in [1.807, 2.05) is 5.38 Å². The number of amides is 2. The number of nitrogens with one attached hydrogen (secondary N) is 2. The third-order valence-corrected chi connectivity index (χ3v) is 3.67. The van der Waals surface area contributed by atoms with E-state index in [-0.39, 0.29) is 13.0 Å². The van der Waals surface area contributed by atoms with Gasteiger partial charge in [0.15, 0.2) is 5.13 Å². The van der Waals surface area contributed by atoms with Crippen molar-refractivity contribution in [2.45, 2.75) is 31.6 Å². The van der Waals surface area contributed by atoms with Crippen molar-refractivity contribution in [3.8, 4) is 0 Å². The second-order valence-corrected chi connectivity index (χ2v) is 5.09. The van der Waals surface area contributed by atoms with Crippen LogP contribution in [0, 0.1) is 0 Å². The minimum Gasteiger partial charge on any atom is -0.481 e. The highest BCUT2D eigenvalue weighted by Gasteiger charge is 2.22. The standard InChI is InChI=1S/C11H15N3O3S/c15-9(16)4-5-12-10(17)14-11-13-8(6-18-11)7-2-1-3-7/h6-7H,1-5H2,(H,15,16)(H2,12,13,14,17). The summed E-state index contributed by atoms with van der Waals surface area (Å²) in [4.78, 5) is 26.0. The lowest BCUT2D eigenvalue weighted by molar-refractivity contribution is -0.136. The minimum atomic E-state index is -0.934. The van der Waals surface area contributed by atoms with Crippen LogP contribution >= 0.6 is 11.3 Å². The second-order valence-electron chi connectivity index (χ2n) is 4.23. The van der Waals surface area contributed by atoms with Gasteiger partial charge in [-0.3, -0.25) is 10.1 Å². The van der Waals surface area contributed by atoms with Crippen LogP contribution < -0.4 is 10.6 Å². The maximum Gasteiger partial charge on any atom is 0.321 e. The zero-order valence-electron chi connectivity index (χ0n) is 9.81. The summed E-state index contributed by atoms with van der Waals surface area (Å²) in [6, 6.07) is -0.411. The van der Waals surface area contributed by atoms with Crippen molar-refractivity contribution in [2.24, 2.45) is 0 Å². The molecule has 0 aliphatic heterocycles. The van der Waals surface area contributed by atoms with Crippen molar-refractivity contribution in [2.75, 3.05) is 11.9 Å². The fraction of sp³-hybridized carbons (Fsp3) is 0.545. The summed E-state index contributed by atoms with van der Waals surface area (Å²) in [5.74, 6) is -0.385. The van der Waals surface area contributed by atoms with Crippen LogP contribution in [0.25, 0.3) is 0 Å². The van der Waals surface area contributed by atoms with Gasteiger partial charge in [0.1, 0.15) is 0 Å². The van der Waals surface area contributed by atoms with Crippen molar-refractivity contribution < 1.29 is 14.7 Å². The van der Waals surface area contributed by atoms with E-state index in [2.05, 4.69) is 15.6 Å². The molecule has 0 unspecified atom stereocenters. The molecule has 3 N–H and O–H groups in total. The van der Waals surface area contributed by atoms with Gasteiger partial charge < -0.3 is 10.4 Å². The fourth-order valence-corrected chi connectivity index (χ4v) is 2.45. The number of aliphatic carboxylic acids is 1. The number of hydrogen-bond acceptors (Lipinski definition) is 4. The number of carbonyl (C=O) groups excluding carboxylic acids is 1. The Hall–Kier alpha value is -1.63. The average molecular weight is 269 g/mol. The molecule has 7 heteroatoms. The highest BCUT2D eigenvalue weighted by atomic mass is 32.1. The lowest BCUT2D eigenvalue weighted by Crippen LogP contribution is -2.30. The molecular formula is C11H15N3O3S. The quantitative estimate of drug-likeness (QED) is 0.762. The van der Waals surface area contributed by atoms with Crippen molar-refractivity contribution in [1.29, 1.82) is 0 Å². The summed E-state index contributed by atoms with van der Waals surface area (Å²) in [5, 5.41) is 16.0. The van der Waals surface area contributed by atoms with Crippen molar-refractivity contribution >= 4 is 28.5 Å². The molecule has 0 bridgehead atoms. The largest absolute Gasteiger partial charge is 0.481 e. The van der Waals surface area contributed by atoms with Crippen LogP contribution in [0.4, 0.5) is 9.93 Å². The SMILES string of the molecule is O=C(O)CCNC(=O)Nc1nc(C2CCC2)cs1. The molecule has 1 aromatic rings. The Bertz CT molecular complexity index is 442. The highest BCUT2D eigenvalue weighted by molar-refractivity contribution is 7.13. The minimum absolute atomic E-state index is 0.0847. The molecule has 1 aliphatic carbocycles. The van der Waals surface area contributed by atoms with Crippen molar-refractivity contribution in [3.63, 3.8) is 0 Å². The number of carboxylic acids is 1. The molecule has 1 saturated carbocycles. The zero-order chi connectivity index (χ0) is 13.0. The van der Waals surface area contributed by atoms with Crippen molar-refractivity contribution in [1.82, 2.24) is 10.3 Å². The second kappa shape index (κ2) is 5.81. The topological polar surface area (TPSA) is 91.3 Å². The fourth-order valence-electron chi connectivity index (χ4n) is 1.66. The summed E-state index contributed by atoms with van der Waals surface area (Å²) >= 11 is 1.40. The van der Waals surface area contributed by atoms with Gasteiger partial charge >= 0.3 is 12.0 Å². The molecule has 6 nitrogen and oxygen atoms in total. The van der Waals surface area contributed by atoms with Crippen LogP contribution in [0.15, 0.2) is 5.38 Å². The number of aromatic nitrogens is 1. The van der Waals surface area contributed by atoms with Crippen LogP contribution in [0.5, 0.6) is 0 Å². The van der Waals surface area contributed by atoms with Gasteiger partial charge in [-0.2, -0.15) is 0 Å². The first-order valence-electron chi connectivity index (χ1n) is 5.87. The summed E-state index contributed by atoms with van der Waals surface area (Å²) in [6.07, 6.45) is 3.52. The van der Waals surface area contributed by atoms with Gasteiger partial charge in [0.25, 0.3) is 0 Å². The van der Waals surface area contributed by atoms with Crippen LogP contribution in [0.1, 0.15) is 37.3 Å². The van der Waals surface area contributed by atoms with Gasteiger partial charge in [-0.1, -0.05) is 6.42 Å². The van der Waals surface area contributed by atoms with Gasteiger partial charge in [-0.25, -0.2) is 9.78 Å². The first-order chi connectivity index (χ1) is 8.65. The Balaban J connectivity index is 1.76. The monoisotopic (exact) mass is 269 g/mol. The number of anilines is 1. The number of carbonyl (C=O) groups is 2. The molecule has 1 heterocycles. The van der Waals surface area contributed by atoms with E-state index in [9.17, 15) is 9.59 Å². The molecule has 1 aromatic heterocycles. The van der Waals surface area contributed by atoms with E-state index < -0.39 is 12.0 Å². The molecule has 0 aromatic carbocycles. The number of hydrogen-bond donors (Lipinski definition) is 3. The normalized spacial score (nSPS) is 14.9. The maximum absolute atomic E-state index is 11.4. The number of rotatable bonds is 5. The van der Waals surface area contributed by atoms with Crippen LogP contribution in [0.2, 0.25) is 0 Å². The molecule has 0 radical (unpaired) electrons. The molecule has 1 aliphatic rings. The summed E-state index contributed by atoms with van der Waals surface area (Å²) in [6.45, 7) is 0.113. The van der Waals surface area contributed by atoms with Gasteiger partial charge in [0, 0.05) is 17.8 Å².